The maximum atomic E-state index is 12.8. The minimum absolute atomic E-state index is 0.0477. The first-order valence-corrected chi connectivity index (χ1v) is 7.08. The molecule has 6 heteroatoms. The zero-order chi connectivity index (χ0) is 15.0. The van der Waals surface area contributed by atoms with Gasteiger partial charge in [-0.05, 0) is 18.6 Å². The van der Waals surface area contributed by atoms with Crippen LogP contribution in [0.3, 0.4) is 0 Å². The largest absolute Gasteiger partial charge is 0.480 e. The summed E-state index contributed by atoms with van der Waals surface area (Å²) in [6.45, 7) is 3.38. The number of carbonyl (C=O) groups excluding carboxylic acids is 1. The summed E-state index contributed by atoms with van der Waals surface area (Å²) in [5.74, 6) is -0.972. The molecule has 0 saturated carbocycles. The Morgan fingerprint density at radius 1 is 1.33 bits per heavy atom. The number of ether oxygens (including phenoxy) is 1. The highest BCUT2D eigenvalue weighted by Gasteiger charge is 2.41. The van der Waals surface area contributed by atoms with Crippen LogP contribution >= 0.6 is 0 Å². The zero-order valence-electron chi connectivity index (χ0n) is 11.9. The van der Waals surface area contributed by atoms with Crippen LogP contribution in [-0.2, 0) is 16.0 Å². The van der Waals surface area contributed by atoms with Crippen LogP contribution in [0.2, 0.25) is 0 Å². The molecule has 2 heterocycles. The summed E-state index contributed by atoms with van der Waals surface area (Å²) in [5, 5.41) is 9.43. The number of urea groups is 1. The van der Waals surface area contributed by atoms with Crippen LogP contribution in [-0.4, -0.2) is 53.8 Å². The molecule has 0 aromatic heterocycles. The number of benzene rings is 1. The molecule has 0 spiro atoms. The zero-order valence-corrected chi connectivity index (χ0v) is 11.9. The maximum absolute atomic E-state index is 12.8. The highest BCUT2D eigenvalue weighted by atomic mass is 16.5. The summed E-state index contributed by atoms with van der Waals surface area (Å²) >= 11 is 0. The van der Waals surface area contributed by atoms with Crippen molar-refractivity contribution in [2.75, 3.05) is 24.7 Å². The van der Waals surface area contributed by atoms with Gasteiger partial charge in [-0.25, -0.2) is 9.59 Å². The molecule has 0 aliphatic carbocycles. The van der Waals surface area contributed by atoms with Gasteiger partial charge in [0.1, 0.15) is 6.04 Å². The van der Waals surface area contributed by atoms with Gasteiger partial charge in [0.05, 0.1) is 19.3 Å². The molecular formula is C15H18N2O4. The van der Waals surface area contributed by atoms with Crippen LogP contribution in [0.15, 0.2) is 24.3 Å². The number of carbonyl (C=O) groups is 2. The third-order valence-corrected chi connectivity index (χ3v) is 4.08. The average molecular weight is 290 g/mol. The lowest BCUT2D eigenvalue weighted by molar-refractivity contribution is -0.138. The number of hydrogen-bond donors (Lipinski definition) is 1. The van der Waals surface area contributed by atoms with E-state index < -0.39 is 12.0 Å². The van der Waals surface area contributed by atoms with Gasteiger partial charge in [0.15, 0.2) is 0 Å². The van der Waals surface area contributed by atoms with Crippen molar-refractivity contribution in [1.82, 2.24) is 4.90 Å². The lowest BCUT2D eigenvalue weighted by Crippen LogP contribution is -2.55. The Labute approximate surface area is 122 Å². The SMILES string of the molecule is CC1COCCN1C(=O)N1c2ccccc2C[C@H]1C(=O)O. The van der Waals surface area contributed by atoms with Crippen molar-refractivity contribution in [1.29, 1.82) is 0 Å². The summed E-state index contributed by atoms with van der Waals surface area (Å²) in [6, 6.07) is 6.25. The first-order chi connectivity index (χ1) is 10.1. The fourth-order valence-corrected chi connectivity index (χ4v) is 2.97. The van der Waals surface area contributed by atoms with E-state index >= 15 is 0 Å². The third-order valence-electron chi connectivity index (χ3n) is 4.08. The van der Waals surface area contributed by atoms with Crippen molar-refractivity contribution in [3.05, 3.63) is 29.8 Å². The molecule has 1 saturated heterocycles. The molecule has 1 unspecified atom stereocenters. The summed E-state index contributed by atoms with van der Waals surface area (Å²) in [7, 11) is 0. The first-order valence-electron chi connectivity index (χ1n) is 7.08. The Bertz CT molecular complexity index is 575. The van der Waals surface area contributed by atoms with E-state index in [1.165, 1.54) is 4.90 Å². The number of aliphatic carboxylic acids is 1. The van der Waals surface area contributed by atoms with Gasteiger partial charge in [0, 0.05) is 18.7 Å². The van der Waals surface area contributed by atoms with E-state index in [1.807, 2.05) is 25.1 Å². The number of anilines is 1. The van der Waals surface area contributed by atoms with Gasteiger partial charge < -0.3 is 14.7 Å². The van der Waals surface area contributed by atoms with Crippen molar-refractivity contribution in [3.8, 4) is 0 Å². The van der Waals surface area contributed by atoms with Gasteiger partial charge in [-0.1, -0.05) is 18.2 Å². The number of morpholine rings is 1. The molecule has 0 bridgehead atoms. The molecule has 1 aromatic rings. The van der Waals surface area contributed by atoms with Gasteiger partial charge in [0.25, 0.3) is 0 Å². The second kappa shape index (κ2) is 5.37. The van der Waals surface area contributed by atoms with Crippen LogP contribution < -0.4 is 4.90 Å². The second-order valence-electron chi connectivity index (χ2n) is 5.46. The van der Waals surface area contributed by atoms with Gasteiger partial charge in [-0.15, -0.1) is 0 Å². The van der Waals surface area contributed by atoms with Crippen molar-refractivity contribution in [2.45, 2.75) is 25.4 Å². The number of amides is 2. The van der Waals surface area contributed by atoms with Crippen LogP contribution in [0.5, 0.6) is 0 Å². The van der Waals surface area contributed by atoms with Crippen LogP contribution in [0.1, 0.15) is 12.5 Å². The Kier molecular flexibility index (Phi) is 3.55. The normalized spacial score (nSPS) is 24.8. The van der Waals surface area contributed by atoms with Gasteiger partial charge >= 0.3 is 12.0 Å². The van der Waals surface area contributed by atoms with Gasteiger partial charge in [0.2, 0.25) is 0 Å². The molecular weight excluding hydrogens is 272 g/mol. The van der Waals surface area contributed by atoms with Crippen LogP contribution in [0.4, 0.5) is 10.5 Å². The number of para-hydroxylation sites is 1. The highest BCUT2D eigenvalue weighted by molar-refractivity contribution is 6.01. The van der Waals surface area contributed by atoms with E-state index in [0.29, 0.717) is 31.9 Å². The average Bonchev–Trinajstić information content (AvgIpc) is 2.86. The Morgan fingerprint density at radius 2 is 2.10 bits per heavy atom. The highest BCUT2D eigenvalue weighted by Crippen LogP contribution is 2.33. The molecule has 2 amide bonds. The molecule has 1 N–H and O–H groups in total. The molecule has 0 radical (unpaired) electrons. The van der Waals surface area contributed by atoms with Crippen LogP contribution in [0.25, 0.3) is 0 Å². The number of fused-ring (bicyclic) bond motifs is 1. The number of rotatable bonds is 1. The minimum Gasteiger partial charge on any atom is -0.480 e. The fraction of sp³-hybridized carbons (Fsp3) is 0.467. The second-order valence-corrected chi connectivity index (χ2v) is 5.46. The molecule has 1 aromatic carbocycles. The topological polar surface area (TPSA) is 70.1 Å². The smallest absolute Gasteiger partial charge is 0.327 e. The van der Waals surface area contributed by atoms with Gasteiger partial charge in [-0.2, -0.15) is 0 Å². The quantitative estimate of drug-likeness (QED) is 0.847. The van der Waals surface area contributed by atoms with Crippen molar-refractivity contribution in [3.63, 3.8) is 0 Å². The standard InChI is InChI=1S/C15H18N2O4/c1-10-9-21-7-6-16(10)15(20)17-12-5-3-2-4-11(12)8-13(17)14(18)19/h2-5,10,13H,6-9H2,1H3,(H,18,19)/t10?,13-/m0/s1. The number of carboxylic acids is 1. The summed E-state index contributed by atoms with van der Waals surface area (Å²) in [6.07, 6.45) is 0.357. The predicted molar refractivity (Wildman–Crippen MR) is 76.4 cm³/mol. The molecule has 6 nitrogen and oxygen atoms in total. The molecule has 112 valence electrons. The summed E-state index contributed by atoms with van der Waals surface area (Å²) in [4.78, 5) is 27.4. The van der Waals surface area contributed by atoms with Gasteiger partial charge in [-0.3, -0.25) is 4.90 Å². The lowest BCUT2D eigenvalue weighted by atomic mass is 10.1. The molecule has 2 aliphatic rings. The third kappa shape index (κ3) is 2.35. The van der Waals surface area contributed by atoms with E-state index in [0.717, 1.165) is 5.56 Å². The summed E-state index contributed by atoms with van der Waals surface area (Å²) < 4.78 is 5.34. The van der Waals surface area contributed by atoms with Crippen molar-refractivity contribution < 1.29 is 19.4 Å². The van der Waals surface area contributed by atoms with E-state index in [-0.39, 0.29) is 12.1 Å². The number of carboxylic acid groups (broad SMARTS) is 1. The minimum atomic E-state index is -0.972. The van der Waals surface area contributed by atoms with E-state index in [2.05, 4.69) is 0 Å². The molecule has 3 rings (SSSR count). The van der Waals surface area contributed by atoms with Crippen molar-refractivity contribution in [2.24, 2.45) is 0 Å². The van der Waals surface area contributed by atoms with E-state index in [1.54, 1.807) is 11.0 Å². The monoisotopic (exact) mass is 290 g/mol. The Morgan fingerprint density at radius 3 is 2.81 bits per heavy atom. The van der Waals surface area contributed by atoms with Crippen molar-refractivity contribution >= 4 is 17.7 Å². The van der Waals surface area contributed by atoms with Crippen LogP contribution in [0, 0.1) is 0 Å². The molecule has 1 fully saturated rings. The molecule has 2 atom stereocenters. The Hall–Kier alpha value is -2.08. The van der Waals surface area contributed by atoms with E-state index in [4.69, 9.17) is 4.74 Å². The molecule has 2 aliphatic heterocycles. The fourth-order valence-electron chi connectivity index (χ4n) is 2.97. The van der Waals surface area contributed by atoms with E-state index in [9.17, 15) is 14.7 Å². The Balaban J connectivity index is 1.93. The maximum Gasteiger partial charge on any atom is 0.327 e. The first kappa shape index (κ1) is 13.9. The predicted octanol–water partition coefficient (Wildman–Crippen LogP) is 1.34. The molecule has 21 heavy (non-hydrogen) atoms. The lowest BCUT2D eigenvalue weighted by Gasteiger charge is -2.37. The number of hydrogen-bond acceptors (Lipinski definition) is 3. The number of nitrogens with zero attached hydrogens (tertiary/aromatic N) is 2. The summed E-state index contributed by atoms with van der Waals surface area (Å²) in [5.41, 5.74) is 1.60.